The third-order valence-corrected chi connectivity index (χ3v) is 3.66. The Balaban J connectivity index is 2.03. The summed E-state index contributed by atoms with van der Waals surface area (Å²) in [6.45, 7) is 0. The van der Waals surface area contributed by atoms with E-state index in [1.807, 2.05) is 0 Å². The third-order valence-electron chi connectivity index (χ3n) is 2.25. The summed E-state index contributed by atoms with van der Waals surface area (Å²) in [7, 11) is 0. The van der Waals surface area contributed by atoms with Crippen molar-refractivity contribution in [2.75, 3.05) is 5.32 Å². The second-order valence-electron chi connectivity index (χ2n) is 3.67. The van der Waals surface area contributed by atoms with E-state index < -0.39 is 5.91 Å². The van der Waals surface area contributed by atoms with Crippen LogP contribution in [0.3, 0.4) is 0 Å². The van der Waals surface area contributed by atoms with Gasteiger partial charge in [-0.25, -0.2) is 0 Å². The lowest BCUT2D eigenvalue weighted by atomic mass is 10.3. The van der Waals surface area contributed by atoms with Crippen LogP contribution in [0.4, 0.5) is 5.69 Å². The quantitative estimate of drug-likeness (QED) is 0.511. The highest BCUT2D eigenvalue weighted by molar-refractivity contribution is 9.11. The van der Waals surface area contributed by atoms with Gasteiger partial charge in [-0.15, -0.1) is 0 Å². The number of hydrogen-bond donors (Lipinski definition) is 3. The van der Waals surface area contributed by atoms with Crippen LogP contribution in [0.1, 0.15) is 10.6 Å². The highest BCUT2D eigenvalue weighted by Crippen LogP contribution is 2.35. The SMILES string of the molecule is O=C(NC(=S)Nc1cc(Br)c(O)c(Br)c1)c1ccco1. The Morgan fingerprint density at radius 1 is 1.30 bits per heavy atom. The Morgan fingerprint density at radius 2 is 1.95 bits per heavy atom. The highest BCUT2D eigenvalue weighted by atomic mass is 79.9. The van der Waals surface area contributed by atoms with Crippen LogP contribution in [-0.4, -0.2) is 16.1 Å². The van der Waals surface area contributed by atoms with Crippen molar-refractivity contribution >= 4 is 60.8 Å². The van der Waals surface area contributed by atoms with Crippen molar-refractivity contribution in [2.24, 2.45) is 0 Å². The van der Waals surface area contributed by atoms with Crippen LogP contribution in [0.15, 0.2) is 43.9 Å². The number of thiocarbonyl (C=S) groups is 1. The van der Waals surface area contributed by atoms with E-state index >= 15 is 0 Å². The zero-order valence-corrected chi connectivity index (χ0v) is 13.8. The molecule has 0 spiro atoms. The lowest BCUT2D eigenvalue weighted by Gasteiger charge is -2.10. The van der Waals surface area contributed by atoms with Crippen molar-refractivity contribution in [1.29, 1.82) is 0 Å². The predicted octanol–water partition coefficient (Wildman–Crippen LogP) is 3.64. The summed E-state index contributed by atoms with van der Waals surface area (Å²) in [5.74, 6) is -0.187. The van der Waals surface area contributed by atoms with Gasteiger partial charge in [0.25, 0.3) is 5.91 Å². The number of phenols is 1. The fourth-order valence-corrected chi connectivity index (χ4v) is 2.77. The summed E-state index contributed by atoms with van der Waals surface area (Å²) >= 11 is 11.4. The van der Waals surface area contributed by atoms with Crippen molar-refractivity contribution < 1.29 is 14.3 Å². The van der Waals surface area contributed by atoms with Gasteiger partial charge in [-0.05, 0) is 68.3 Å². The molecule has 8 heteroatoms. The maximum absolute atomic E-state index is 11.7. The molecule has 0 aliphatic heterocycles. The van der Waals surface area contributed by atoms with Gasteiger partial charge in [0.2, 0.25) is 0 Å². The van der Waals surface area contributed by atoms with Gasteiger partial charge in [-0.1, -0.05) is 0 Å². The monoisotopic (exact) mass is 418 g/mol. The lowest BCUT2D eigenvalue weighted by Crippen LogP contribution is -2.33. The van der Waals surface area contributed by atoms with Crippen molar-refractivity contribution in [3.63, 3.8) is 0 Å². The molecule has 0 aliphatic carbocycles. The number of halogens is 2. The smallest absolute Gasteiger partial charge is 0.293 e. The molecule has 0 bridgehead atoms. The first-order valence-electron chi connectivity index (χ1n) is 5.31. The molecule has 2 rings (SSSR count). The van der Waals surface area contributed by atoms with Gasteiger partial charge >= 0.3 is 0 Å². The zero-order valence-electron chi connectivity index (χ0n) is 9.81. The van der Waals surface area contributed by atoms with Crippen LogP contribution < -0.4 is 10.6 Å². The average Bonchev–Trinajstić information content (AvgIpc) is 2.89. The molecule has 0 saturated carbocycles. The number of phenolic OH excluding ortho intramolecular Hbond substituents is 1. The zero-order chi connectivity index (χ0) is 14.7. The van der Waals surface area contributed by atoms with Gasteiger partial charge in [0.05, 0.1) is 15.2 Å². The summed E-state index contributed by atoms with van der Waals surface area (Å²) in [6, 6.07) is 6.40. The lowest BCUT2D eigenvalue weighted by molar-refractivity contribution is 0.0950. The topological polar surface area (TPSA) is 74.5 Å². The molecule has 20 heavy (non-hydrogen) atoms. The van der Waals surface area contributed by atoms with Crippen LogP contribution in [-0.2, 0) is 0 Å². The molecule has 0 unspecified atom stereocenters. The minimum Gasteiger partial charge on any atom is -0.506 e. The first-order valence-corrected chi connectivity index (χ1v) is 7.30. The number of furan rings is 1. The minimum atomic E-state index is -0.440. The Hall–Kier alpha value is -1.38. The van der Waals surface area contributed by atoms with Gasteiger partial charge < -0.3 is 14.8 Å². The van der Waals surface area contributed by atoms with E-state index in [1.165, 1.54) is 12.3 Å². The number of benzene rings is 1. The molecular weight excluding hydrogens is 412 g/mol. The summed E-state index contributed by atoms with van der Waals surface area (Å²) in [6.07, 6.45) is 1.40. The molecule has 5 nitrogen and oxygen atoms in total. The molecule has 1 aromatic heterocycles. The normalized spacial score (nSPS) is 10.1. The standard InChI is InChI=1S/C12H8Br2N2O3S/c13-7-4-6(5-8(14)10(7)17)15-12(20)16-11(18)9-2-1-3-19-9/h1-5,17H,(H2,15,16,18,20). The van der Waals surface area contributed by atoms with E-state index in [2.05, 4.69) is 42.5 Å². The van der Waals surface area contributed by atoms with Crippen LogP contribution in [0, 0.1) is 0 Å². The highest BCUT2D eigenvalue weighted by Gasteiger charge is 2.11. The summed E-state index contributed by atoms with van der Waals surface area (Å²) < 4.78 is 5.94. The summed E-state index contributed by atoms with van der Waals surface area (Å²) in [5.41, 5.74) is 0.603. The van der Waals surface area contributed by atoms with E-state index in [1.54, 1.807) is 18.2 Å². The van der Waals surface area contributed by atoms with Crippen molar-refractivity contribution in [1.82, 2.24) is 5.32 Å². The van der Waals surface area contributed by atoms with Crippen molar-refractivity contribution in [2.45, 2.75) is 0 Å². The molecule has 1 amide bonds. The molecule has 2 aromatic rings. The Bertz CT molecular complexity index is 636. The van der Waals surface area contributed by atoms with Gasteiger partial charge in [-0.2, -0.15) is 0 Å². The van der Waals surface area contributed by atoms with E-state index in [9.17, 15) is 9.90 Å². The van der Waals surface area contributed by atoms with Crippen LogP contribution in [0.5, 0.6) is 5.75 Å². The van der Waals surface area contributed by atoms with Gasteiger partial charge in [-0.3, -0.25) is 10.1 Å². The first kappa shape index (κ1) is 15.0. The molecule has 0 atom stereocenters. The average molecular weight is 420 g/mol. The molecule has 3 N–H and O–H groups in total. The van der Waals surface area contributed by atoms with Gasteiger partial charge in [0, 0.05) is 5.69 Å². The molecule has 0 aliphatic rings. The number of carbonyl (C=O) groups is 1. The summed E-state index contributed by atoms with van der Waals surface area (Å²) in [4.78, 5) is 11.7. The number of hydrogen-bond acceptors (Lipinski definition) is 4. The molecular formula is C12H8Br2N2O3S. The number of carbonyl (C=O) groups excluding carboxylic acids is 1. The molecule has 0 radical (unpaired) electrons. The third kappa shape index (κ3) is 3.59. The second kappa shape index (κ2) is 6.38. The molecule has 1 aromatic carbocycles. The molecule has 0 saturated heterocycles. The van der Waals surface area contributed by atoms with E-state index in [-0.39, 0.29) is 16.6 Å². The molecule has 104 valence electrons. The summed E-state index contributed by atoms with van der Waals surface area (Å²) in [5, 5.41) is 15.0. The van der Waals surface area contributed by atoms with Gasteiger partial charge in [0.15, 0.2) is 10.9 Å². The maximum atomic E-state index is 11.7. The molecule has 1 heterocycles. The fourth-order valence-electron chi connectivity index (χ4n) is 1.37. The number of aromatic hydroxyl groups is 1. The maximum Gasteiger partial charge on any atom is 0.293 e. The van der Waals surface area contributed by atoms with Crippen molar-refractivity contribution in [3.8, 4) is 5.75 Å². The van der Waals surface area contributed by atoms with Crippen LogP contribution in [0.2, 0.25) is 0 Å². The van der Waals surface area contributed by atoms with Crippen LogP contribution in [0.25, 0.3) is 0 Å². The van der Waals surface area contributed by atoms with E-state index in [0.717, 1.165) is 0 Å². The largest absolute Gasteiger partial charge is 0.506 e. The van der Waals surface area contributed by atoms with Crippen LogP contribution >= 0.6 is 44.1 Å². The Kier molecular flexibility index (Phi) is 4.79. The predicted molar refractivity (Wildman–Crippen MR) is 85.9 cm³/mol. The molecule has 0 fully saturated rings. The number of amides is 1. The fraction of sp³-hybridized carbons (Fsp3) is 0. The Morgan fingerprint density at radius 3 is 2.50 bits per heavy atom. The van der Waals surface area contributed by atoms with Crippen molar-refractivity contribution in [3.05, 3.63) is 45.2 Å². The minimum absolute atomic E-state index is 0.0843. The number of anilines is 1. The second-order valence-corrected chi connectivity index (χ2v) is 5.79. The first-order chi connectivity index (χ1) is 9.47. The Labute approximate surface area is 136 Å². The van der Waals surface area contributed by atoms with E-state index in [4.69, 9.17) is 16.6 Å². The van der Waals surface area contributed by atoms with Gasteiger partial charge in [0.1, 0.15) is 5.75 Å². The number of rotatable bonds is 2. The van der Waals surface area contributed by atoms with E-state index in [0.29, 0.717) is 14.6 Å². The number of nitrogens with one attached hydrogen (secondary N) is 2.